The van der Waals surface area contributed by atoms with Gasteiger partial charge in [0.15, 0.2) is 30.7 Å². The van der Waals surface area contributed by atoms with Crippen LogP contribution in [0.2, 0.25) is 0 Å². The normalized spacial score (nSPS) is 22.4. The first-order valence-corrected chi connectivity index (χ1v) is 17.2. The third kappa shape index (κ3) is 5.99. The first kappa shape index (κ1) is 33.9. The molecule has 5 atom stereocenters. The summed E-state index contributed by atoms with van der Waals surface area (Å²) in [6.07, 6.45) is 5.24. The fourth-order valence-corrected chi connectivity index (χ4v) is 6.51. The number of hydrogen-bond donors (Lipinski definition) is 1. The average molecular weight is 687 g/mol. The first-order chi connectivity index (χ1) is 23.6. The highest BCUT2D eigenvalue weighted by atomic mass is 31.1. The van der Waals surface area contributed by atoms with Crippen LogP contribution in [-0.4, -0.2) is 58.0 Å². The number of rotatable bonds is 12. The highest BCUT2D eigenvalue weighted by Gasteiger charge is 2.65. The van der Waals surface area contributed by atoms with Crippen LogP contribution in [0.3, 0.4) is 0 Å². The van der Waals surface area contributed by atoms with Crippen molar-refractivity contribution in [1.29, 1.82) is 0 Å². The summed E-state index contributed by atoms with van der Waals surface area (Å²) >= 11 is 0. The van der Waals surface area contributed by atoms with E-state index in [9.17, 15) is 4.57 Å². The van der Waals surface area contributed by atoms with Gasteiger partial charge in [-0.15, -0.1) is 10.9 Å². The Balaban J connectivity index is 1.55. The van der Waals surface area contributed by atoms with Gasteiger partial charge in [0.1, 0.15) is 11.3 Å². The summed E-state index contributed by atoms with van der Waals surface area (Å²) in [6.45, 7) is 3.77. The minimum atomic E-state index is -2.70. The molecule has 2 aromatic heterocycles. The van der Waals surface area contributed by atoms with Gasteiger partial charge in [0.25, 0.3) is 0 Å². The van der Waals surface area contributed by atoms with E-state index in [0.29, 0.717) is 5.75 Å². The van der Waals surface area contributed by atoms with Crippen LogP contribution in [0.4, 0.5) is 14.7 Å². The zero-order valence-corrected chi connectivity index (χ0v) is 28.2. The molecular weight excluding hydrogens is 651 g/mol. The van der Waals surface area contributed by atoms with E-state index in [-0.39, 0.29) is 29.6 Å². The lowest BCUT2D eigenvalue weighted by Gasteiger charge is -2.37. The van der Waals surface area contributed by atoms with Crippen LogP contribution in [-0.2, 0) is 19.4 Å². The zero-order valence-electron chi connectivity index (χ0n) is 27.3. The third-order valence-electron chi connectivity index (χ3n) is 8.77. The number of imidazole rings is 1. The van der Waals surface area contributed by atoms with Crippen molar-refractivity contribution in [2.75, 3.05) is 32.3 Å². The van der Waals surface area contributed by atoms with Gasteiger partial charge in [0.2, 0.25) is 23.4 Å². The Morgan fingerprint density at radius 3 is 2.18 bits per heavy atom. The van der Waals surface area contributed by atoms with Crippen LogP contribution >= 0.6 is 8.03 Å². The molecule has 0 bridgehead atoms. The van der Waals surface area contributed by atoms with E-state index in [4.69, 9.17) is 35.1 Å². The van der Waals surface area contributed by atoms with E-state index in [1.807, 2.05) is 84.9 Å². The van der Waals surface area contributed by atoms with Gasteiger partial charge in [-0.05, 0) is 40.3 Å². The molecule has 10 nitrogen and oxygen atoms in total. The van der Waals surface area contributed by atoms with E-state index in [2.05, 4.69) is 16.2 Å². The third-order valence-corrected chi connectivity index (χ3v) is 9.26. The molecule has 0 amide bonds. The van der Waals surface area contributed by atoms with Crippen LogP contribution < -0.4 is 14.8 Å². The monoisotopic (exact) mass is 686 g/mol. The Labute approximate surface area is 283 Å². The Morgan fingerprint density at radius 2 is 1.63 bits per heavy atom. The minimum Gasteiger partial charge on any atom is -0.497 e. The molecule has 3 aromatic carbocycles. The predicted molar refractivity (Wildman–Crippen MR) is 181 cm³/mol. The minimum absolute atomic E-state index is 0.0758. The number of methoxy groups -OCH3 is 1. The van der Waals surface area contributed by atoms with Gasteiger partial charge >= 0.3 is 8.03 Å². The van der Waals surface area contributed by atoms with E-state index in [1.165, 1.54) is 24.5 Å². The number of hydrogen-bond acceptors (Lipinski definition) is 9. The van der Waals surface area contributed by atoms with Crippen LogP contribution in [0.15, 0.2) is 91.3 Å². The molecule has 1 aliphatic rings. The molecule has 5 aromatic rings. The molecule has 0 aliphatic carbocycles. The molecule has 6 rings (SSSR count). The van der Waals surface area contributed by atoms with Crippen molar-refractivity contribution in [2.45, 2.75) is 37.1 Å². The topological polar surface area (TPSA) is 110 Å². The standard InChI is InChI=1S/C36H35F2N5O5P/c1-6-34(37)24(3)35(38,22-47-49(5)44)48-32(34)43-23-39-29-30(43)40-33(41-31(29)46-7-2)42-36(25-14-10-8-11-15-25,26-16-12-9-13-17-26)27-18-20-28(45-4)21-19-27/h1,8-21,23-24,32H,7,22H2,2-5H3,(H,40,41,42)/q+1/t24-,32+,34+,35+/m0/s1. The summed E-state index contributed by atoms with van der Waals surface area (Å²) in [6, 6.07) is 27.2. The highest BCUT2D eigenvalue weighted by Crippen LogP contribution is 2.53. The highest BCUT2D eigenvalue weighted by molar-refractivity contribution is 7.38. The van der Waals surface area contributed by atoms with Crippen molar-refractivity contribution in [3.63, 3.8) is 0 Å². The lowest BCUT2D eigenvalue weighted by atomic mass is 9.77. The molecule has 0 spiro atoms. The lowest BCUT2D eigenvalue weighted by Crippen LogP contribution is -2.40. The summed E-state index contributed by atoms with van der Waals surface area (Å²) < 4.78 is 67.9. The second-order valence-corrected chi connectivity index (χ2v) is 12.7. The molecule has 1 fully saturated rings. The molecule has 252 valence electrons. The molecule has 1 N–H and O–H groups in total. The summed E-state index contributed by atoms with van der Waals surface area (Å²) in [4.78, 5) is 14.0. The fourth-order valence-electron chi connectivity index (χ4n) is 6.15. The van der Waals surface area contributed by atoms with Gasteiger partial charge in [-0.2, -0.15) is 9.97 Å². The van der Waals surface area contributed by atoms with Crippen LogP contribution in [0.5, 0.6) is 11.6 Å². The number of nitrogens with zero attached hydrogens (tertiary/aromatic N) is 4. The molecule has 0 radical (unpaired) electrons. The number of fused-ring (bicyclic) bond motifs is 1. The number of ether oxygens (including phenoxy) is 3. The summed E-state index contributed by atoms with van der Waals surface area (Å²) in [5.74, 6) is -1.25. The maximum absolute atomic E-state index is 16.7. The number of halogens is 2. The van der Waals surface area contributed by atoms with E-state index >= 15 is 8.78 Å². The largest absolute Gasteiger partial charge is 0.505 e. The quantitative estimate of drug-likeness (QED) is 0.0828. The van der Waals surface area contributed by atoms with Crippen LogP contribution in [0, 0.1) is 18.3 Å². The maximum atomic E-state index is 16.7. The van der Waals surface area contributed by atoms with Crippen molar-refractivity contribution < 1.29 is 32.1 Å². The number of alkyl halides is 2. The van der Waals surface area contributed by atoms with Crippen LogP contribution in [0.1, 0.15) is 36.8 Å². The van der Waals surface area contributed by atoms with Gasteiger partial charge in [0.05, 0.1) is 26.0 Å². The molecular formula is C36H35F2N5O5P+. The molecule has 1 saturated heterocycles. The van der Waals surface area contributed by atoms with Gasteiger partial charge in [-0.1, -0.05) is 85.6 Å². The molecule has 0 saturated carbocycles. The van der Waals surface area contributed by atoms with Crippen molar-refractivity contribution in [3.8, 4) is 24.0 Å². The number of benzene rings is 3. The van der Waals surface area contributed by atoms with Gasteiger partial charge in [-0.3, -0.25) is 4.57 Å². The van der Waals surface area contributed by atoms with E-state index < -0.39 is 43.8 Å². The Kier molecular flexibility index (Phi) is 9.36. The SMILES string of the molecule is C#C[C@]1(F)[C@H](n2cnc3c(OCC)nc(NC(c4ccccc4)(c4ccccc4)c4ccc(OC)cc4)nc32)O[C@](F)(CO[P+](C)=O)[C@H]1C. The maximum Gasteiger partial charge on any atom is 0.505 e. The molecule has 49 heavy (non-hydrogen) atoms. The molecule has 13 heteroatoms. The second kappa shape index (κ2) is 13.5. The molecule has 3 heterocycles. The fraction of sp³-hybridized carbons (Fsp3) is 0.306. The van der Waals surface area contributed by atoms with Crippen LogP contribution in [0.25, 0.3) is 11.2 Å². The average Bonchev–Trinajstić information content (AvgIpc) is 3.64. The summed E-state index contributed by atoms with van der Waals surface area (Å²) in [5.41, 5.74) is -0.924. The second-order valence-electron chi connectivity index (χ2n) is 11.5. The summed E-state index contributed by atoms with van der Waals surface area (Å²) in [7, 11) is -0.593. The van der Waals surface area contributed by atoms with Crippen molar-refractivity contribution in [2.24, 2.45) is 5.92 Å². The van der Waals surface area contributed by atoms with E-state index in [1.54, 1.807) is 14.0 Å². The van der Waals surface area contributed by atoms with Gasteiger partial charge in [-0.25, -0.2) is 13.8 Å². The summed E-state index contributed by atoms with van der Waals surface area (Å²) in [5, 5.41) is 3.58. The lowest BCUT2D eigenvalue weighted by molar-refractivity contribution is -0.186. The van der Waals surface area contributed by atoms with E-state index in [0.717, 1.165) is 16.7 Å². The zero-order chi connectivity index (χ0) is 34.8. The van der Waals surface area contributed by atoms with Gasteiger partial charge in [0, 0.05) is 0 Å². The van der Waals surface area contributed by atoms with Crippen molar-refractivity contribution >= 4 is 25.1 Å². The predicted octanol–water partition coefficient (Wildman–Crippen LogP) is 7.20. The number of terminal acetylenes is 1. The molecule has 1 aliphatic heterocycles. The number of anilines is 1. The smallest absolute Gasteiger partial charge is 0.497 e. The number of nitrogens with one attached hydrogen (secondary N) is 1. The Bertz CT molecular complexity index is 1950. The Morgan fingerprint density at radius 1 is 1.02 bits per heavy atom. The van der Waals surface area contributed by atoms with Gasteiger partial charge < -0.3 is 19.5 Å². The first-order valence-electron chi connectivity index (χ1n) is 15.6. The number of aromatic nitrogens is 4. The molecule has 1 unspecified atom stereocenters. The Hall–Kier alpha value is -4.95. The van der Waals surface area contributed by atoms with Crippen molar-refractivity contribution in [1.82, 2.24) is 19.5 Å². The van der Waals surface area contributed by atoms with Crippen molar-refractivity contribution in [3.05, 3.63) is 108 Å².